The van der Waals surface area contributed by atoms with Gasteiger partial charge in [0.2, 0.25) is 0 Å². The van der Waals surface area contributed by atoms with Crippen LogP contribution in [0.3, 0.4) is 0 Å². The molecule has 0 aliphatic heterocycles. The fraction of sp³-hybridized carbons (Fsp3) is 0.157. The first-order chi connectivity index (χ1) is 28.7. The Morgan fingerprint density at radius 1 is 0.603 bits per heavy atom. The van der Waals surface area contributed by atoms with Crippen LogP contribution in [0.15, 0.2) is 200 Å². The summed E-state index contributed by atoms with van der Waals surface area (Å²) in [6.07, 6.45) is 8.60. The van der Waals surface area contributed by atoms with Crippen molar-refractivity contribution in [3.05, 3.63) is 234 Å². The van der Waals surface area contributed by atoms with Crippen molar-refractivity contribution in [1.29, 1.82) is 0 Å². The zero-order chi connectivity index (χ0) is 39.2. The van der Waals surface area contributed by atoms with Gasteiger partial charge in [-0.15, -0.1) is 0 Å². The smallest absolute Gasteiger partial charge is 0.165 e. The van der Waals surface area contributed by atoms with Crippen LogP contribution in [0.4, 0.5) is 5.82 Å². The summed E-state index contributed by atoms with van der Waals surface area (Å²) in [6, 6.07) is 61.1. The number of hydrogen-bond donors (Lipinski definition) is 1. The molecule has 286 valence electrons. The molecular weight excluding hydrogens is 715 g/mol. The van der Waals surface area contributed by atoms with Gasteiger partial charge in [0.15, 0.2) is 11.5 Å². The highest BCUT2D eigenvalue weighted by Crippen LogP contribution is 2.43. The van der Waals surface area contributed by atoms with Crippen LogP contribution in [0.5, 0.6) is 5.75 Å². The van der Waals surface area contributed by atoms with E-state index in [0.717, 1.165) is 69.6 Å². The molecule has 0 fully saturated rings. The molecule has 0 radical (unpaired) electrons. The zero-order valence-electron chi connectivity index (χ0n) is 32.5. The van der Waals surface area contributed by atoms with Crippen LogP contribution in [0, 0.1) is 0 Å². The second-order valence-electron chi connectivity index (χ2n) is 14.7. The highest BCUT2D eigenvalue weighted by molar-refractivity contribution is 5.84. The molecule has 6 aromatic carbocycles. The standard InChI is InChI=1S/C51H45N5O2/c1-57-46-33-29-41(30-34-46)50(39-17-7-2-8-18-39,40-19-9-3-10-20-40)55-48-47-49(53-36-52-48)56(37-54-47)45-31-27-38(28-32-45)35-58-51(42-21-11-4-12-22-42,43-23-13-5-14-24-43)44-25-15-6-16-26-44/h2-27,29-30,33-34,36-37,45H,28,31-32,35H2,1H3,(H,52,53,55). The second kappa shape index (κ2) is 16.3. The molecule has 8 aromatic rings. The SMILES string of the molecule is COc1ccc(C(Nc2ncnc3c2ncn3C2CC=C(COC(c3ccccc3)(c3ccccc3)c3ccccc3)CC2)(c2ccccc2)c2ccccc2)cc1. The number of ether oxygens (including phenoxy) is 2. The second-order valence-corrected chi connectivity index (χ2v) is 14.7. The third kappa shape index (κ3) is 6.84. The van der Waals surface area contributed by atoms with Gasteiger partial charge in [-0.1, -0.05) is 170 Å². The minimum absolute atomic E-state index is 0.188. The van der Waals surface area contributed by atoms with Crippen LogP contribution in [0.25, 0.3) is 11.2 Å². The lowest BCUT2D eigenvalue weighted by Gasteiger charge is -2.37. The van der Waals surface area contributed by atoms with Gasteiger partial charge in [-0.2, -0.15) is 0 Å². The predicted octanol–water partition coefficient (Wildman–Crippen LogP) is 10.9. The quantitative estimate of drug-likeness (QED) is 0.0932. The molecule has 1 unspecified atom stereocenters. The van der Waals surface area contributed by atoms with E-state index in [1.165, 1.54) is 5.57 Å². The zero-order valence-corrected chi connectivity index (χ0v) is 32.5. The Balaban J connectivity index is 1.03. The van der Waals surface area contributed by atoms with Crippen LogP contribution < -0.4 is 10.1 Å². The largest absolute Gasteiger partial charge is 0.497 e. The lowest BCUT2D eigenvalue weighted by molar-refractivity contribution is 0.0259. The summed E-state index contributed by atoms with van der Waals surface area (Å²) in [5, 5.41) is 3.92. The van der Waals surface area contributed by atoms with E-state index in [9.17, 15) is 0 Å². The van der Waals surface area contributed by atoms with Gasteiger partial charge in [-0.05, 0) is 70.3 Å². The number of allylic oxidation sites excluding steroid dienone is 1. The summed E-state index contributed by atoms with van der Waals surface area (Å²) in [4.78, 5) is 14.7. The average molecular weight is 760 g/mol. The molecule has 2 aromatic heterocycles. The van der Waals surface area contributed by atoms with E-state index in [2.05, 4.69) is 168 Å². The number of nitrogens with zero attached hydrogens (tertiary/aromatic N) is 4. The first kappa shape index (κ1) is 36.8. The number of imidazole rings is 1. The van der Waals surface area contributed by atoms with Crippen molar-refractivity contribution < 1.29 is 9.47 Å². The molecule has 1 atom stereocenters. The number of nitrogens with one attached hydrogen (secondary N) is 1. The molecule has 1 aliphatic carbocycles. The van der Waals surface area contributed by atoms with Crippen LogP contribution in [-0.2, 0) is 15.9 Å². The van der Waals surface area contributed by atoms with Crippen LogP contribution in [0.2, 0.25) is 0 Å². The Labute approximate surface area is 339 Å². The molecular formula is C51H45N5O2. The summed E-state index contributed by atoms with van der Waals surface area (Å²) in [7, 11) is 1.69. The number of hydrogen-bond acceptors (Lipinski definition) is 6. The maximum absolute atomic E-state index is 7.18. The van der Waals surface area contributed by atoms with E-state index >= 15 is 0 Å². The highest BCUT2D eigenvalue weighted by Gasteiger charge is 2.39. The molecule has 0 saturated carbocycles. The van der Waals surface area contributed by atoms with E-state index in [1.54, 1.807) is 13.4 Å². The highest BCUT2D eigenvalue weighted by atomic mass is 16.5. The lowest BCUT2D eigenvalue weighted by atomic mass is 9.77. The first-order valence-electron chi connectivity index (χ1n) is 19.9. The Morgan fingerprint density at radius 2 is 1.10 bits per heavy atom. The molecule has 0 spiro atoms. The van der Waals surface area contributed by atoms with E-state index in [0.29, 0.717) is 12.4 Å². The summed E-state index contributed by atoms with van der Waals surface area (Å²) < 4.78 is 15.0. The molecule has 0 amide bonds. The van der Waals surface area contributed by atoms with E-state index in [4.69, 9.17) is 24.4 Å². The van der Waals surface area contributed by atoms with Crippen LogP contribution in [0.1, 0.15) is 58.7 Å². The normalized spacial score (nSPS) is 14.5. The van der Waals surface area contributed by atoms with Crippen molar-refractivity contribution in [2.45, 2.75) is 36.4 Å². The van der Waals surface area contributed by atoms with Gasteiger partial charge in [0.05, 0.1) is 20.0 Å². The minimum atomic E-state index is -0.795. The van der Waals surface area contributed by atoms with Gasteiger partial charge >= 0.3 is 0 Å². The van der Waals surface area contributed by atoms with Gasteiger partial charge in [0.25, 0.3) is 0 Å². The number of aromatic nitrogens is 4. The average Bonchev–Trinajstić information content (AvgIpc) is 3.76. The third-order valence-corrected chi connectivity index (χ3v) is 11.5. The third-order valence-electron chi connectivity index (χ3n) is 11.5. The number of anilines is 1. The fourth-order valence-electron chi connectivity index (χ4n) is 8.55. The van der Waals surface area contributed by atoms with Crippen molar-refractivity contribution in [3.63, 3.8) is 0 Å². The van der Waals surface area contributed by atoms with Gasteiger partial charge in [0.1, 0.15) is 28.7 Å². The van der Waals surface area contributed by atoms with Crippen molar-refractivity contribution >= 4 is 17.0 Å². The minimum Gasteiger partial charge on any atom is -0.497 e. The Morgan fingerprint density at radius 3 is 1.59 bits per heavy atom. The number of benzene rings is 6. The molecule has 1 aliphatic rings. The van der Waals surface area contributed by atoms with Crippen molar-refractivity contribution in [2.24, 2.45) is 0 Å². The van der Waals surface area contributed by atoms with Crippen LogP contribution >= 0.6 is 0 Å². The van der Waals surface area contributed by atoms with E-state index < -0.39 is 11.1 Å². The molecule has 1 N–H and O–H groups in total. The first-order valence-corrected chi connectivity index (χ1v) is 19.9. The van der Waals surface area contributed by atoms with Crippen molar-refractivity contribution in [3.8, 4) is 5.75 Å². The van der Waals surface area contributed by atoms with E-state index in [1.807, 2.05) is 30.6 Å². The molecule has 2 heterocycles. The molecule has 7 nitrogen and oxygen atoms in total. The molecule has 9 rings (SSSR count). The summed E-state index contributed by atoms with van der Waals surface area (Å²) >= 11 is 0. The molecule has 0 saturated heterocycles. The lowest BCUT2D eigenvalue weighted by Crippen LogP contribution is -2.38. The number of fused-ring (bicyclic) bond motifs is 1. The van der Waals surface area contributed by atoms with Crippen molar-refractivity contribution in [2.75, 3.05) is 19.0 Å². The molecule has 58 heavy (non-hydrogen) atoms. The fourth-order valence-corrected chi connectivity index (χ4v) is 8.55. The van der Waals surface area contributed by atoms with Gasteiger partial charge in [0, 0.05) is 6.04 Å². The number of methoxy groups -OCH3 is 1. The number of rotatable bonds is 13. The summed E-state index contributed by atoms with van der Waals surface area (Å²) in [5.74, 6) is 1.45. The maximum atomic E-state index is 7.18. The molecule has 0 bridgehead atoms. The monoisotopic (exact) mass is 759 g/mol. The maximum Gasteiger partial charge on any atom is 0.165 e. The van der Waals surface area contributed by atoms with Gasteiger partial charge in [-0.3, -0.25) is 0 Å². The van der Waals surface area contributed by atoms with Gasteiger partial charge < -0.3 is 19.4 Å². The van der Waals surface area contributed by atoms with Gasteiger partial charge in [-0.25, -0.2) is 15.0 Å². The van der Waals surface area contributed by atoms with Crippen LogP contribution in [-0.4, -0.2) is 33.2 Å². The van der Waals surface area contributed by atoms with Crippen molar-refractivity contribution in [1.82, 2.24) is 19.5 Å². The molecule has 7 heteroatoms. The Bertz CT molecular complexity index is 2460. The topological polar surface area (TPSA) is 74.1 Å². The summed E-state index contributed by atoms with van der Waals surface area (Å²) in [6.45, 7) is 0.513. The van der Waals surface area contributed by atoms with E-state index in [-0.39, 0.29) is 6.04 Å². The summed E-state index contributed by atoms with van der Waals surface area (Å²) in [5.41, 5.74) is 7.75. The Kier molecular flexibility index (Phi) is 10.4. The predicted molar refractivity (Wildman–Crippen MR) is 231 cm³/mol. The Hall–Kier alpha value is -6.83.